The van der Waals surface area contributed by atoms with E-state index in [1.54, 1.807) is 12.1 Å². The number of carbonyl (C=O) groups excluding carboxylic acids is 1. The molecule has 0 aliphatic rings. The van der Waals surface area contributed by atoms with Gasteiger partial charge in [0.25, 0.3) is 11.5 Å². The second kappa shape index (κ2) is 4.86. The average Bonchev–Trinajstić information content (AvgIpc) is 2.74. The van der Waals surface area contributed by atoms with Crippen molar-refractivity contribution in [3.63, 3.8) is 0 Å². The van der Waals surface area contributed by atoms with E-state index in [0.717, 1.165) is 23.1 Å². The van der Waals surface area contributed by atoms with Crippen LogP contribution in [-0.4, -0.2) is 25.4 Å². The molecule has 7 heteroatoms. The number of H-pyrrole nitrogens is 1. The van der Waals surface area contributed by atoms with Crippen LogP contribution in [0.2, 0.25) is 0 Å². The molecule has 106 valence electrons. The molecule has 0 atom stereocenters. The number of anilines is 1. The van der Waals surface area contributed by atoms with Gasteiger partial charge in [-0.2, -0.15) is 0 Å². The normalized spacial score (nSPS) is 10.8. The Morgan fingerprint density at radius 1 is 1.38 bits per heavy atom. The molecule has 0 saturated heterocycles. The summed E-state index contributed by atoms with van der Waals surface area (Å²) in [5.41, 5.74) is 2.22. The number of fused-ring (bicyclic) bond motifs is 1. The fraction of sp³-hybridized carbons (Fsp3) is 0.143. The number of benzene rings is 1. The van der Waals surface area contributed by atoms with E-state index in [4.69, 9.17) is 0 Å². The SMILES string of the molecule is Cc1nc2cc(NC(=O)c3c[nH]c(=O)cn3)ccc2n1C. The van der Waals surface area contributed by atoms with E-state index >= 15 is 0 Å². The fourth-order valence-electron chi connectivity index (χ4n) is 2.06. The van der Waals surface area contributed by atoms with Crippen molar-refractivity contribution >= 4 is 22.6 Å². The number of hydrogen-bond acceptors (Lipinski definition) is 4. The molecule has 0 spiro atoms. The van der Waals surface area contributed by atoms with E-state index in [0.29, 0.717) is 5.69 Å². The number of hydrogen-bond donors (Lipinski definition) is 2. The predicted molar refractivity (Wildman–Crippen MR) is 78.3 cm³/mol. The van der Waals surface area contributed by atoms with Gasteiger partial charge in [0.15, 0.2) is 0 Å². The van der Waals surface area contributed by atoms with Crippen LogP contribution >= 0.6 is 0 Å². The van der Waals surface area contributed by atoms with Crippen molar-refractivity contribution in [3.05, 3.63) is 52.5 Å². The van der Waals surface area contributed by atoms with Gasteiger partial charge >= 0.3 is 0 Å². The topological polar surface area (TPSA) is 92.7 Å². The molecule has 1 amide bonds. The molecule has 3 aromatic rings. The first kappa shape index (κ1) is 13.0. The smallest absolute Gasteiger partial charge is 0.275 e. The Morgan fingerprint density at radius 3 is 2.90 bits per heavy atom. The zero-order chi connectivity index (χ0) is 15.0. The van der Waals surface area contributed by atoms with Gasteiger partial charge in [-0.3, -0.25) is 9.59 Å². The van der Waals surface area contributed by atoms with Crippen LogP contribution in [0.1, 0.15) is 16.3 Å². The summed E-state index contributed by atoms with van der Waals surface area (Å²) in [5, 5.41) is 2.73. The average molecular weight is 283 g/mol. The van der Waals surface area contributed by atoms with Gasteiger partial charge in [0.2, 0.25) is 0 Å². The Hall–Kier alpha value is -2.96. The second-order valence-corrected chi connectivity index (χ2v) is 4.67. The highest BCUT2D eigenvalue weighted by atomic mass is 16.2. The minimum absolute atomic E-state index is 0.145. The number of aromatic amines is 1. The van der Waals surface area contributed by atoms with Crippen LogP contribution in [-0.2, 0) is 7.05 Å². The van der Waals surface area contributed by atoms with E-state index in [-0.39, 0.29) is 11.3 Å². The third-order valence-electron chi connectivity index (χ3n) is 3.27. The minimum atomic E-state index is -0.391. The van der Waals surface area contributed by atoms with Crippen molar-refractivity contribution < 1.29 is 4.79 Å². The van der Waals surface area contributed by atoms with Crippen molar-refractivity contribution in [2.45, 2.75) is 6.92 Å². The molecular formula is C14H13N5O2. The lowest BCUT2D eigenvalue weighted by atomic mass is 10.2. The lowest BCUT2D eigenvalue weighted by molar-refractivity contribution is 0.102. The maximum Gasteiger partial charge on any atom is 0.275 e. The third-order valence-corrected chi connectivity index (χ3v) is 3.27. The first-order valence-electron chi connectivity index (χ1n) is 6.34. The lowest BCUT2D eigenvalue weighted by Gasteiger charge is -2.04. The number of carbonyl (C=O) groups is 1. The van der Waals surface area contributed by atoms with Gasteiger partial charge in [-0.15, -0.1) is 0 Å². The maximum atomic E-state index is 12.0. The molecule has 7 nitrogen and oxygen atoms in total. The zero-order valence-electron chi connectivity index (χ0n) is 11.5. The minimum Gasteiger partial charge on any atom is -0.331 e. The molecule has 0 fully saturated rings. The van der Waals surface area contributed by atoms with Crippen LogP contribution in [0.25, 0.3) is 11.0 Å². The molecule has 2 heterocycles. The number of amides is 1. The Labute approximate surface area is 119 Å². The number of aromatic nitrogens is 4. The fourth-order valence-corrected chi connectivity index (χ4v) is 2.06. The molecule has 0 aliphatic carbocycles. The summed E-state index contributed by atoms with van der Waals surface area (Å²) in [5.74, 6) is 0.508. The molecule has 0 bridgehead atoms. The molecule has 0 unspecified atom stereocenters. The molecule has 0 radical (unpaired) electrons. The van der Waals surface area contributed by atoms with Crippen LogP contribution in [0.3, 0.4) is 0 Å². The summed E-state index contributed by atoms with van der Waals surface area (Å²) in [6, 6.07) is 5.49. The van der Waals surface area contributed by atoms with Gasteiger partial charge in [-0.25, -0.2) is 9.97 Å². The van der Waals surface area contributed by atoms with Crippen molar-refractivity contribution in [1.82, 2.24) is 19.5 Å². The monoisotopic (exact) mass is 283 g/mol. The first-order chi connectivity index (χ1) is 10.0. The Balaban J connectivity index is 1.89. The van der Waals surface area contributed by atoms with Gasteiger partial charge in [0, 0.05) is 18.9 Å². The summed E-state index contributed by atoms with van der Waals surface area (Å²) in [4.78, 5) is 33.5. The van der Waals surface area contributed by atoms with E-state index in [2.05, 4.69) is 20.3 Å². The summed E-state index contributed by atoms with van der Waals surface area (Å²) in [6.45, 7) is 1.92. The quantitative estimate of drug-likeness (QED) is 0.739. The predicted octanol–water partition coefficient (Wildman–Crippen LogP) is 1.22. The van der Waals surface area contributed by atoms with Gasteiger partial charge in [0.1, 0.15) is 11.5 Å². The third kappa shape index (κ3) is 2.40. The Bertz CT molecular complexity index is 874. The van der Waals surface area contributed by atoms with Gasteiger partial charge in [-0.05, 0) is 25.1 Å². The molecule has 2 N–H and O–H groups in total. The maximum absolute atomic E-state index is 12.0. The van der Waals surface area contributed by atoms with Crippen LogP contribution in [0.4, 0.5) is 5.69 Å². The Morgan fingerprint density at radius 2 is 2.19 bits per heavy atom. The number of rotatable bonds is 2. The van der Waals surface area contributed by atoms with Crippen LogP contribution in [0.15, 0.2) is 35.4 Å². The molecular weight excluding hydrogens is 270 g/mol. The van der Waals surface area contributed by atoms with Gasteiger partial charge < -0.3 is 14.9 Å². The van der Waals surface area contributed by atoms with Gasteiger partial charge in [-0.1, -0.05) is 0 Å². The van der Waals surface area contributed by atoms with Gasteiger partial charge in [0.05, 0.1) is 17.2 Å². The molecule has 0 aliphatic heterocycles. The Kier molecular flexibility index (Phi) is 3.02. The molecule has 3 rings (SSSR count). The van der Waals surface area contributed by atoms with Crippen molar-refractivity contribution in [2.75, 3.05) is 5.32 Å². The van der Waals surface area contributed by atoms with E-state index < -0.39 is 5.91 Å². The number of nitrogens with one attached hydrogen (secondary N) is 2. The van der Waals surface area contributed by atoms with Crippen molar-refractivity contribution in [3.8, 4) is 0 Å². The van der Waals surface area contributed by atoms with E-state index in [1.807, 2.05) is 24.6 Å². The zero-order valence-corrected chi connectivity index (χ0v) is 11.5. The van der Waals surface area contributed by atoms with E-state index in [1.165, 1.54) is 6.20 Å². The van der Waals surface area contributed by atoms with Crippen molar-refractivity contribution in [2.24, 2.45) is 7.05 Å². The number of imidazole rings is 1. The molecule has 2 aromatic heterocycles. The largest absolute Gasteiger partial charge is 0.331 e. The number of aryl methyl sites for hydroxylation is 2. The second-order valence-electron chi connectivity index (χ2n) is 4.67. The van der Waals surface area contributed by atoms with E-state index in [9.17, 15) is 9.59 Å². The highest BCUT2D eigenvalue weighted by Crippen LogP contribution is 2.19. The highest BCUT2D eigenvalue weighted by molar-refractivity contribution is 6.03. The summed E-state index contributed by atoms with van der Waals surface area (Å²) in [6.07, 6.45) is 2.35. The molecule has 0 saturated carbocycles. The summed E-state index contributed by atoms with van der Waals surface area (Å²) < 4.78 is 1.98. The summed E-state index contributed by atoms with van der Waals surface area (Å²) in [7, 11) is 1.94. The van der Waals surface area contributed by atoms with Crippen LogP contribution < -0.4 is 10.9 Å². The number of nitrogens with zero attached hydrogens (tertiary/aromatic N) is 3. The molecule has 1 aromatic carbocycles. The summed E-state index contributed by atoms with van der Waals surface area (Å²) >= 11 is 0. The van der Waals surface area contributed by atoms with Crippen LogP contribution in [0, 0.1) is 6.92 Å². The van der Waals surface area contributed by atoms with Crippen molar-refractivity contribution in [1.29, 1.82) is 0 Å². The highest BCUT2D eigenvalue weighted by Gasteiger charge is 2.10. The first-order valence-corrected chi connectivity index (χ1v) is 6.34. The van der Waals surface area contributed by atoms with Crippen LogP contribution in [0.5, 0.6) is 0 Å². The standard InChI is InChI=1S/C14H13N5O2/c1-8-17-10-5-9(3-4-12(10)19(8)2)18-14(21)11-6-16-13(20)7-15-11/h3-7H,1-2H3,(H,16,20)(H,18,21). The molecule has 21 heavy (non-hydrogen) atoms. The lowest BCUT2D eigenvalue weighted by Crippen LogP contribution is -2.16.